The van der Waals surface area contributed by atoms with Gasteiger partial charge in [-0.1, -0.05) is 42.1 Å². The lowest BCUT2D eigenvalue weighted by molar-refractivity contribution is -0.129. The maximum absolute atomic E-state index is 13.0. The van der Waals surface area contributed by atoms with Crippen molar-refractivity contribution in [2.45, 2.75) is 30.8 Å². The fourth-order valence-electron chi connectivity index (χ4n) is 4.00. The number of rotatable bonds is 5. The molecule has 1 aliphatic heterocycles. The monoisotopic (exact) mass is 449 g/mol. The van der Waals surface area contributed by atoms with Crippen molar-refractivity contribution in [3.05, 3.63) is 65.4 Å². The number of fused-ring (bicyclic) bond motifs is 1. The second kappa shape index (κ2) is 8.80. The standard InChI is InChI=1S/C23H23N5OS2/c1-16-25-26-23(28(16)18-9-3-2-4-10-18)30-15-21(29)27-13-7-8-17(14-27)22-24-19-11-5-6-12-20(19)31-22/h2-6,9-12,17H,7-8,13-15H2,1H3. The zero-order valence-corrected chi connectivity index (χ0v) is 18.9. The lowest BCUT2D eigenvalue weighted by Gasteiger charge is -2.31. The van der Waals surface area contributed by atoms with Crippen LogP contribution >= 0.6 is 23.1 Å². The van der Waals surface area contributed by atoms with Gasteiger partial charge >= 0.3 is 0 Å². The van der Waals surface area contributed by atoms with E-state index in [4.69, 9.17) is 4.98 Å². The van der Waals surface area contributed by atoms with Crippen molar-refractivity contribution in [2.24, 2.45) is 0 Å². The van der Waals surface area contributed by atoms with Crippen molar-refractivity contribution in [2.75, 3.05) is 18.8 Å². The van der Waals surface area contributed by atoms with E-state index in [2.05, 4.69) is 22.3 Å². The summed E-state index contributed by atoms with van der Waals surface area (Å²) in [5.41, 5.74) is 2.06. The van der Waals surface area contributed by atoms with Crippen molar-refractivity contribution in [1.82, 2.24) is 24.6 Å². The van der Waals surface area contributed by atoms with Crippen molar-refractivity contribution in [3.63, 3.8) is 0 Å². The summed E-state index contributed by atoms with van der Waals surface area (Å²) in [7, 11) is 0. The van der Waals surface area contributed by atoms with E-state index < -0.39 is 0 Å². The van der Waals surface area contributed by atoms with Gasteiger partial charge in [-0.3, -0.25) is 9.36 Å². The highest BCUT2D eigenvalue weighted by molar-refractivity contribution is 7.99. The Balaban J connectivity index is 1.26. The number of thiazole rings is 1. The number of amides is 1. The van der Waals surface area contributed by atoms with Crippen molar-refractivity contribution < 1.29 is 4.79 Å². The molecular weight excluding hydrogens is 426 g/mol. The first kappa shape index (κ1) is 20.2. The van der Waals surface area contributed by atoms with Gasteiger partial charge < -0.3 is 4.90 Å². The topological polar surface area (TPSA) is 63.9 Å². The fraction of sp³-hybridized carbons (Fsp3) is 0.304. The van der Waals surface area contributed by atoms with Crippen LogP contribution in [0.5, 0.6) is 0 Å². The largest absolute Gasteiger partial charge is 0.341 e. The number of para-hydroxylation sites is 2. The zero-order chi connectivity index (χ0) is 21.2. The summed E-state index contributed by atoms with van der Waals surface area (Å²) >= 11 is 3.20. The minimum absolute atomic E-state index is 0.149. The Labute approximate surface area is 189 Å². The predicted molar refractivity (Wildman–Crippen MR) is 125 cm³/mol. The summed E-state index contributed by atoms with van der Waals surface area (Å²) in [6, 6.07) is 18.3. The predicted octanol–water partition coefficient (Wildman–Crippen LogP) is 4.68. The molecule has 8 heteroatoms. The molecule has 6 nitrogen and oxygen atoms in total. The van der Waals surface area contributed by atoms with Gasteiger partial charge in [0.25, 0.3) is 0 Å². The Hall–Kier alpha value is -2.71. The molecular formula is C23H23N5OS2. The van der Waals surface area contributed by atoms with Crippen LogP contribution in [0, 0.1) is 6.92 Å². The summed E-state index contributed by atoms with van der Waals surface area (Å²) in [6.45, 7) is 3.48. The minimum Gasteiger partial charge on any atom is -0.341 e. The van der Waals surface area contributed by atoms with Crippen LogP contribution in [0.2, 0.25) is 0 Å². The van der Waals surface area contributed by atoms with Gasteiger partial charge in [-0.2, -0.15) is 0 Å². The summed E-state index contributed by atoms with van der Waals surface area (Å²) < 4.78 is 3.21. The van der Waals surface area contributed by atoms with Crippen LogP contribution in [0.3, 0.4) is 0 Å². The number of aryl methyl sites for hydroxylation is 1. The molecule has 1 saturated heterocycles. The van der Waals surface area contributed by atoms with Gasteiger partial charge in [0.05, 0.1) is 21.0 Å². The van der Waals surface area contributed by atoms with Gasteiger partial charge in [-0.15, -0.1) is 21.5 Å². The maximum Gasteiger partial charge on any atom is 0.233 e. The number of aromatic nitrogens is 4. The Morgan fingerprint density at radius 3 is 2.77 bits per heavy atom. The molecule has 1 amide bonds. The molecule has 1 atom stereocenters. The average molecular weight is 450 g/mol. The molecule has 4 aromatic rings. The number of hydrogen-bond donors (Lipinski definition) is 0. The highest BCUT2D eigenvalue weighted by atomic mass is 32.2. The number of carbonyl (C=O) groups excluding carboxylic acids is 1. The Bertz CT molecular complexity index is 1170. The molecule has 0 radical (unpaired) electrons. The van der Waals surface area contributed by atoms with Crippen molar-refractivity contribution in [1.29, 1.82) is 0 Å². The van der Waals surface area contributed by atoms with E-state index in [-0.39, 0.29) is 5.91 Å². The highest BCUT2D eigenvalue weighted by Gasteiger charge is 2.27. The van der Waals surface area contributed by atoms with E-state index in [9.17, 15) is 4.79 Å². The molecule has 1 fully saturated rings. The van der Waals surface area contributed by atoms with Crippen LogP contribution in [0.15, 0.2) is 59.8 Å². The van der Waals surface area contributed by atoms with Crippen LogP contribution < -0.4 is 0 Å². The van der Waals surface area contributed by atoms with E-state index in [0.29, 0.717) is 11.7 Å². The third-order valence-electron chi connectivity index (χ3n) is 5.57. The number of benzene rings is 2. The van der Waals surface area contributed by atoms with Gasteiger partial charge in [0.15, 0.2) is 5.16 Å². The molecule has 0 aliphatic carbocycles. The number of thioether (sulfide) groups is 1. The molecule has 0 N–H and O–H groups in total. The van der Waals surface area contributed by atoms with Crippen LogP contribution in [-0.2, 0) is 4.79 Å². The smallest absolute Gasteiger partial charge is 0.233 e. The Morgan fingerprint density at radius 1 is 1.13 bits per heavy atom. The molecule has 2 aromatic carbocycles. The molecule has 5 rings (SSSR count). The molecule has 0 saturated carbocycles. The van der Waals surface area contributed by atoms with Gasteiger partial charge in [0, 0.05) is 24.7 Å². The third-order valence-corrected chi connectivity index (χ3v) is 7.68. The van der Waals surface area contributed by atoms with Gasteiger partial charge in [0.1, 0.15) is 5.82 Å². The summed E-state index contributed by atoms with van der Waals surface area (Å²) in [6.07, 6.45) is 2.09. The maximum atomic E-state index is 13.0. The number of likely N-dealkylation sites (tertiary alicyclic amines) is 1. The molecule has 3 heterocycles. The zero-order valence-electron chi connectivity index (χ0n) is 17.3. The van der Waals surface area contributed by atoms with E-state index in [1.165, 1.54) is 16.5 Å². The first-order valence-electron chi connectivity index (χ1n) is 10.4. The van der Waals surface area contributed by atoms with Gasteiger partial charge in [0.2, 0.25) is 5.91 Å². The van der Waals surface area contributed by atoms with Crippen LogP contribution in [0.4, 0.5) is 0 Å². The molecule has 158 valence electrons. The number of hydrogen-bond acceptors (Lipinski definition) is 6. The number of piperidine rings is 1. The number of carbonyl (C=O) groups is 1. The SMILES string of the molecule is Cc1nnc(SCC(=O)N2CCCC(c3nc4ccccc4s3)C2)n1-c1ccccc1. The molecule has 31 heavy (non-hydrogen) atoms. The summed E-state index contributed by atoms with van der Waals surface area (Å²) in [5, 5.41) is 10.4. The fourth-order valence-corrected chi connectivity index (χ4v) is 5.99. The lowest BCUT2D eigenvalue weighted by atomic mass is 9.99. The Kier molecular flexibility index (Phi) is 5.74. The molecule has 0 spiro atoms. The summed E-state index contributed by atoms with van der Waals surface area (Å²) in [4.78, 5) is 19.8. The van der Waals surface area contributed by atoms with Gasteiger partial charge in [-0.25, -0.2) is 4.98 Å². The normalized spacial score (nSPS) is 16.7. The molecule has 1 aliphatic rings. The number of nitrogens with zero attached hydrogens (tertiary/aromatic N) is 5. The lowest BCUT2D eigenvalue weighted by Crippen LogP contribution is -2.40. The third kappa shape index (κ3) is 4.22. The first-order chi connectivity index (χ1) is 15.2. The molecule has 2 aromatic heterocycles. The first-order valence-corrected chi connectivity index (χ1v) is 12.2. The van der Waals surface area contributed by atoms with E-state index >= 15 is 0 Å². The summed E-state index contributed by atoms with van der Waals surface area (Å²) in [5.74, 6) is 1.64. The van der Waals surface area contributed by atoms with E-state index in [1.807, 2.05) is 58.9 Å². The van der Waals surface area contributed by atoms with Crippen LogP contribution in [0.1, 0.15) is 29.6 Å². The van der Waals surface area contributed by atoms with E-state index in [0.717, 1.165) is 53.1 Å². The van der Waals surface area contributed by atoms with Crippen molar-refractivity contribution in [3.8, 4) is 5.69 Å². The quantitative estimate of drug-likeness (QED) is 0.414. The molecule has 1 unspecified atom stereocenters. The van der Waals surface area contributed by atoms with Crippen LogP contribution in [-0.4, -0.2) is 49.4 Å². The van der Waals surface area contributed by atoms with E-state index in [1.54, 1.807) is 11.3 Å². The minimum atomic E-state index is 0.149. The van der Waals surface area contributed by atoms with Crippen molar-refractivity contribution >= 4 is 39.2 Å². The Morgan fingerprint density at radius 2 is 1.94 bits per heavy atom. The average Bonchev–Trinajstić information content (AvgIpc) is 3.41. The second-order valence-electron chi connectivity index (χ2n) is 7.69. The molecule has 0 bridgehead atoms. The van der Waals surface area contributed by atoms with Crippen LogP contribution in [0.25, 0.3) is 15.9 Å². The second-order valence-corrected chi connectivity index (χ2v) is 9.69. The van der Waals surface area contributed by atoms with Gasteiger partial charge in [-0.05, 0) is 44.0 Å². The highest BCUT2D eigenvalue weighted by Crippen LogP contribution is 2.33.